The number of carbonyl (C=O) groups excluding carboxylic acids is 2. The Morgan fingerprint density at radius 3 is 2.32 bits per heavy atom. The second kappa shape index (κ2) is 9.78. The summed E-state index contributed by atoms with van der Waals surface area (Å²) in [5.74, 6) is 0.847. The quantitative estimate of drug-likeness (QED) is 0.712. The van der Waals surface area contributed by atoms with Crippen molar-refractivity contribution in [3.05, 3.63) is 60.2 Å². The van der Waals surface area contributed by atoms with Gasteiger partial charge in [-0.3, -0.25) is 0 Å². The fraction of sp³-hybridized carbons (Fsp3) is 0.364. The molecule has 0 saturated carbocycles. The van der Waals surface area contributed by atoms with Gasteiger partial charge in [-0.25, -0.2) is 9.59 Å². The Balaban J connectivity index is 2.11. The van der Waals surface area contributed by atoms with Gasteiger partial charge in [0.1, 0.15) is 23.1 Å². The summed E-state index contributed by atoms with van der Waals surface area (Å²) in [5.41, 5.74) is 0.162. The number of hydrogen-bond acceptors (Lipinski definition) is 5. The van der Waals surface area contributed by atoms with Crippen molar-refractivity contribution in [1.29, 1.82) is 0 Å². The maximum atomic E-state index is 12.3. The normalized spacial score (nSPS) is 12.0. The third kappa shape index (κ3) is 7.31. The van der Waals surface area contributed by atoms with E-state index in [0.717, 1.165) is 5.56 Å². The first-order chi connectivity index (χ1) is 13.3. The minimum atomic E-state index is -0.859. The van der Waals surface area contributed by atoms with Crippen LogP contribution in [0.1, 0.15) is 33.3 Å². The smallest absolute Gasteiger partial charge is 0.408 e. The van der Waals surface area contributed by atoms with Gasteiger partial charge in [0.05, 0.1) is 6.61 Å². The van der Waals surface area contributed by atoms with Gasteiger partial charge in [0.15, 0.2) is 0 Å². The zero-order chi connectivity index (χ0) is 20.6. The fourth-order valence-electron chi connectivity index (χ4n) is 2.48. The molecule has 2 rings (SSSR count). The van der Waals surface area contributed by atoms with Crippen LogP contribution in [0.4, 0.5) is 4.79 Å². The van der Waals surface area contributed by atoms with Crippen molar-refractivity contribution in [3.63, 3.8) is 0 Å². The zero-order valence-electron chi connectivity index (χ0n) is 16.7. The number of benzene rings is 2. The predicted octanol–water partition coefficient (Wildman–Crippen LogP) is 4.48. The van der Waals surface area contributed by atoms with Crippen molar-refractivity contribution in [2.24, 2.45) is 0 Å². The third-order valence-corrected chi connectivity index (χ3v) is 3.58. The topological polar surface area (TPSA) is 73.9 Å². The Kier molecular flexibility index (Phi) is 7.44. The monoisotopic (exact) mass is 385 g/mol. The number of nitrogens with one attached hydrogen (secondary N) is 1. The van der Waals surface area contributed by atoms with Crippen molar-refractivity contribution in [2.45, 2.75) is 45.8 Å². The molecular weight excluding hydrogens is 358 g/mol. The molecule has 1 N–H and O–H groups in total. The van der Waals surface area contributed by atoms with Gasteiger partial charge in [-0.1, -0.05) is 30.3 Å². The Labute approximate surface area is 165 Å². The van der Waals surface area contributed by atoms with Crippen LogP contribution < -0.4 is 10.1 Å². The molecule has 2 aromatic carbocycles. The van der Waals surface area contributed by atoms with Crippen LogP contribution in [-0.4, -0.2) is 30.3 Å². The average Bonchev–Trinajstić information content (AvgIpc) is 2.61. The minimum Gasteiger partial charge on any atom is -0.464 e. The molecule has 6 nitrogen and oxygen atoms in total. The lowest BCUT2D eigenvalue weighted by molar-refractivity contribution is -0.145. The van der Waals surface area contributed by atoms with E-state index in [4.69, 9.17) is 14.2 Å². The number of ether oxygens (including phenoxy) is 3. The van der Waals surface area contributed by atoms with E-state index in [1.165, 1.54) is 0 Å². The van der Waals surface area contributed by atoms with Crippen LogP contribution in [0.25, 0.3) is 0 Å². The van der Waals surface area contributed by atoms with Crippen LogP contribution in [0.2, 0.25) is 0 Å². The van der Waals surface area contributed by atoms with E-state index in [2.05, 4.69) is 5.32 Å². The van der Waals surface area contributed by atoms with Crippen molar-refractivity contribution < 1.29 is 23.8 Å². The van der Waals surface area contributed by atoms with Crippen LogP contribution in [0.5, 0.6) is 11.5 Å². The second-order valence-corrected chi connectivity index (χ2v) is 7.22. The molecule has 0 aliphatic rings. The van der Waals surface area contributed by atoms with Gasteiger partial charge in [0.25, 0.3) is 0 Å². The molecule has 0 aromatic heterocycles. The summed E-state index contributed by atoms with van der Waals surface area (Å²) in [4.78, 5) is 24.4. The van der Waals surface area contributed by atoms with Gasteiger partial charge in [-0.15, -0.1) is 0 Å². The summed E-state index contributed by atoms with van der Waals surface area (Å²) in [6.45, 7) is 7.22. The average molecular weight is 385 g/mol. The first-order valence-corrected chi connectivity index (χ1v) is 9.25. The Morgan fingerprint density at radius 1 is 1.00 bits per heavy atom. The van der Waals surface area contributed by atoms with Crippen LogP contribution in [0, 0.1) is 0 Å². The van der Waals surface area contributed by atoms with E-state index >= 15 is 0 Å². The Bertz CT molecular complexity index is 783. The Morgan fingerprint density at radius 2 is 1.68 bits per heavy atom. The van der Waals surface area contributed by atoms with Gasteiger partial charge in [-0.2, -0.15) is 0 Å². The molecule has 0 radical (unpaired) electrons. The number of rotatable bonds is 7. The van der Waals surface area contributed by atoms with Crippen molar-refractivity contribution in [2.75, 3.05) is 6.61 Å². The van der Waals surface area contributed by atoms with Crippen LogP contribution in [-0.2, 0) is 20.7 Å². The van der Waals surface area contributed by atoms with Crippen LogP contribution in [0.15, 0.2) is 54.6 Å². The molecule has 1 atom stereocenters. The molecule has 0 heterocycles. The summed E-state index contributed by atoms with van der Waals surface area (Å²) < 4.78 is 16.2. The van der Waals surface area contributed by atoms with Gasteiger partial charge in [0.2, 0.25) is 0 Å². The molecule has 150 valence electrons. The van der Waals surface area contributed by atoms with Gasteiger partial charge >= 0.3 is 12.1 Å². The van der Waals surface area contributed by atoms with Gasteiger partial charge in [-0.05, 0) is 57.5 Å². The van der Waals surface area contributed by atoms with E-state index in [1.54, 1.807) is 27.7 Å². The molecule has 2 aromatic rings. The highest BCUT2D eigenvalue weighted by Crippen LogP contribution is 2.22. The highest BCUT2D eigenvalue weighted by atomic mass is 16.6. The summed E-state index contributed by atoms with van der Waals surface area (Å²) in [6.07, 6.45) is -0.411. The molecule has 0 spiro atoms. The van der Waals surface area contributed by atoms with Crippen molar-refractivity contribution in [3.8, 4) is 11.5 Å². The molecule has 0 fully saturated rings. The lowest BCUT2D eigenvalue weighted by Gasteiger charge is -2.23. The minimum absolute atomic E-state index is 0.225. The second-order valence-electron chi connectivity index (χ2n) is 7.22. The van der Waals surface area contributed by atoms with E-state index in [1.807, 2.05) is 54.6 Å². The first-order valence-electron chi connectivity index (χ1n) is 9.25. The number of carbonyl (C=O) groups is 2. The van der Waals surface area contributed by atoms with E-state index in [0.29, 0.717) is 11.5 Å². The lowest BCUT2D eigenvalue weighted by atomic mass is 10.1. The molecule has 0 aliphatic carbocycles. The number of alkyl carbamates (subject to hydrolysis) is 1. The van der Waals surface area contributed by atoms with Crippen LogP contribution in [0.3, 0.4) is 0 Å². The molecular formula is C22H27NO5. The molecule has 1 amide bonds. The summed E-state index contributed by atoms with van der Waals surface area (Å²) in [6, 6.07) is 15.9. The highest BCUT2D eigenvalue weighted by Gasteiger charge is 2.25. The van der Waals surface area contributed by atoms with E-state index < -0.39 is 23.7 Å². The lowest BCUT2D eigenvalue weighted by Crippen LogP contribution is -2.45. The van der Waals surface area contributed by atoms with Gasteiger partial charge in [0, 0.05) is 6.42 Å². The standard InChI is InChI=1S/C22H27NO5/c1-5-26-20(24)19(23-21(25)28-22(2,3)4)15-16-10-9-13-18(14-16)27-17-11-7-6-8-12-17/h6-14,19H,5,15H2,1-4H3,(H,23,25)/t19-/m1/s1. The number of amides is 1. The summed E-state index contributed by atoms with van der Waals surface area (Å²) >= 11 is 0. The molecule has 28 heavy (non-hydrogen) atoms. The Hall–Kier alpha value is -3.02. The maximum Gasteiger partial charge on any atom is 0.408 e. The predicted molar refractivity (Wildman–Crippen MR) is 106 cm³/mol. The number of esters is 1. The largest absolute Gasteiger partial charge is 0.464 e. The maximum absolute atomic E-state index is 12.3. The molecule has 6 heteroatoms. The fourth-order valence-corrected chi connectivity index (χ4v) is 2.48. The van der Waals surface area contributed by atoms with Crippen molar-refractivity contribution >= 4 is 12.1 Å². The van der Waals surface area contributed by atoms with E-state index in [-0.39, 0.29) is 13.0 Å². The van der Waals surface area contributed by atoms with Crippen molar-refractivity contribution in [1.82, 2.24) is 5.32 Å². The van der Waals surface area contributed by atoms with Crippen LogP contribution >= 0.6 is 0 Å². The highest BCUT2D eigenvalue weighted by molar-refractivity contribution is 5.81. The SMILES string of the molecule is CCOC(=O)[C@@H](Cc1cccc(Oc2ccccc2)c1)NC(=O)OC(C)(C)C. The molecule has 0 aliphatic heterocycles. The zero-order valence-corrected chi connectivity index (χ0v) is 16.7. The number of hydrogen-bond donors (Lipinski definition) is 1. The molecule has 0 bridgehead atoms. The number of para-hydroxylation sites is 1. The third-order valence-electron chi connectivity index (χ3n) is 3.58. The molecule has 0 unspecified atom stereocenters. The molecule has 0 saturated heterocycles. The summed E-state index contributed by atoms with van der Waals surface area (Å²) in [5, 5.41) is 2.60. The van der Waals surface area contributed by atoms with Gasteiger partial charge < -0.3 is 19.5 Å². The van der Waals surface area contributed by atoms with E-state index in [9.17, 15) is 9.59 Å². The first kappa shape index (κ1) is 21.3. The summed E-state index contributed by atoms with van der Waals surface area (Å²) in [7, 11) is 0.